The highest BCUT2D eigenvalue weighted by atomic mass is 32.2. The van der Waals surface area contributed by atoms with E-state index in [0.29, 0.717) is 33.8 Å². The van der Waals surface area contributed by atoms with Gasteiger partial charge in [0.1, 0.15) is 6.26 Å². The van der Waals surface area contributed by atoms with E-state index in [-0.39, 0.29) is 24.4 Å². The number of hydrogen-bond donors (Lipinski definition) is 1. The van der Waals surface area contributed by atoms with Crippen LogP contribution < -0.4 is 4.72 Å². The SMILES string of the molecule is Cc1noc(NS(=O)(=O)N(Cc2ccc(-c3ncco3)c(C(=O)N(C)C)c2)C2CCCC2)c1C. The second kappa shape index (κ2) is 9.59. The minimum absolute atomic E-state index is 0.103. The molecule has 1 aliphatic rings. The zero-order chi connectivity index (χ0) is 24.5. The van der Waals surface area contributed by atoms with Gasteiger partial charge in [-0.25, -0.2) is 9.71 Å². The molecule has 1 saturated carbocycles. The Morgan fingerprint density at radius 2 is 1.94 bits per heavy atom. The Balaban J connectivity index is 1.69. The van der Waals surface area contributed by atoms with Gasteiger partial charge in [0.25, 0.3) is 5.91 Å². The number of carbonyl (C=O) groups excluding carboxylic acids is 1. The number of oxazole rings is 1. The zero-order valence-corrected chi connectivity index (χ0v) is 20.6. The average Bonchev–Trinajstić information content (AvgIpc) is 3.57. The minimum Gasteiger partial charge on any atom is -0.445 e. The Kier molecular flexibility index (Phi) is 6.76. The Labute approximate surface area is 199 Å². The normalized spacial score (nSPS) is 14.6. The van der Waals surface area contributed by atoms with Crippen LogP contribution in [0, 0.1) is 13.8 Å². The van der Waals surface area contributed by atoms with E-state index in [4.69, 9.17) is 8.94 Å². The molecule has 3 aromatic rings. The third kappa shape index (κ3) is 4.85. The molecular weight excluding hydrogens is 458 g/mol. The third-order valence-corrected chi connectivity index (χ3v) is 7.63. The topological polar surface area (TPSA) is 122 Å². The Bertz CT molecular complexity index is 1260. The number of hydrogen-bond acceptors (Lipinski definition) is 7. The maximum Gasteiger partial charge on any atom is 0.304 e. The number of amides is 1. The lowest BCUT2D eigenvalue weighted by Gasteiger charge is -2.28. The van der Waals surface area contributed by atoms with Gasteiger partial charge in [-0.15, -0.1) is 0 Å². The first-order valence-electron chi connectivity index (χ1n) is 11.1. The highest BCUT2D eigenvalue weighted by molar-refractivity contribution is 7.90. The van der Waals surface area contributed by atoms with Gasteiger partial charge in [0.15, 0.2) is 0 Å². The maximum atomic E-state index is 13.5. The van der Waals surface area contributed by atoms with Gasteiger partial charge >= 0.3 is 10.2 Å². The largest absolute Gasteiger partial charge is 0.445 e. The molecule has 11 heteroatoms. The summed E-state index contributed by atoms with van der Waals surface area (Å²) in [5.74, 6) is 0.217. The summed E-state index contributed by atoms with van der Waals surface area (Å²) in [5, 5.41) is 3.85. The van der Waals surface area contributed by atoms with E-state index in [9.17, 15) is 13.2 Å². The fourth-order valence-corrected chi connectivity index (χ4v) is 5.58. The van der Waals surface area contributed by atoms with Gasteiger partial charge in [-0.05, 0) is 44.4 Å². The minimum atomic E-state index is -3.95. The summed E-state index contributed by atoms with van der Waals surface area (Å²) in [7, 11) is -0.622. The summed E-state index contributed by atoms with van der Waals surface area (Å²) in [4.78, 5) is 18.6. The Hall–Kier alpha value is -3.18. The summed E-state index contributed by atoms with van der Waals surface area (Å²) in [6, 6.07) is 5.10. The summed E-state index contributed by atoms with van der Waals surface area (Å²) in [6.07, 6.45) is 6.43. The number of carbonyl (C=O) groups is 1. The monoisotopic (exact) mass is 487 g/mol. The van der Waals surface area contributed by atoms with Gasteiger partial charge in [0.2, 0.25) is 11.8 Å². The van der Waals surface area contributed by atoms with Gasteiger partial charge in [-0.2, -0.15) is 12.7 Å². The molecule has 0 saturated heterocycles. The van der Waals surface area contributed by atoms with Crippen molar-refractivity contribution in [1.29, 1.82) is 0 Å². The van der Waals surface area contributed by atoms with Gasteiger partial charge < -0.3 is 13.8 Å². The Morgan fingerprint density at radius 3 is 2.53 bits per heavy atom. The van der Waals surface area contributed by atoms with Crippen molar-refractivity contribution in [2.24, 2.45) is 0 Å². The molecule has 0 bridgehead atoms. The van der Waals surface area contributed by atoms with Crippen LogP contribution in [0.15, 0.2) is 39.6 Å². The van der Waals surface area contributed by atoms with Crippen molar-refractivity contribution in [2.45, 2.75) is 52.1 Å². The standard InChI is InChI=1S/C23H29N5O5S/c1-15-16(2)25-33-21(15)26-34(30,31)28(18-7-5-6-8-18)14-17-9-10-19(22-24-11-12-32-22)20(13-17)23(29)27(3)4/h9-13,18,26H,5-8,14H2,1-4H3. The molecule has 0 atom stereocenters. The van der Waals surface area contributed by atoms with Crippen LogP contribution in [-0.4, -0.2) is 53.8 Å². The number of nitrogens with zero attached hydrogens (tertiary/aromatic N) is 4. The molecule has 1 N–H and O–H groups in total. The molecule has 0 unspecified atom stereocenters. The molecule has 1 aromatic carbocycles. The number of benzene rings is 1. The molecule has 0 spiro atoms. The lowest BCUT2D eigenvalue weighted by atomic mass is 10.0. The quantitative estimate of drug-likeness (QED) is 0.513. The fourth-order valence-electron chi connectivity index (χ4n) is 4.12. The summed E-state index contributed by atoms with van der Waals surface area (Å²) in [6.45, 7) is 3.61. The van der Waals surface area contributed by atoms with E-state index >= 15 is 0 Å². The van der Waals surface area contributed by atoms with Crippen molar-refractivity contribution >= 4 is 22.0 Å². The number of rotatable bonds is 8. The van der Waals surface area contributed by atoms with Gasteiger partial charge in [0.05, 0.1) is 17.5 Å². The van der Waals surface area contributed by atoms with Crippen LogP contribution >= 0.6 is 0 Å². The van der Waals surface area contributed by atoms with E-state index in [1.807, 2.05) is 0 Å². The van der Waals surface area contributed by atoms with E-state index in [1.165, 1.54) is 21.7 Å². The first-order chi connectivity index (χ1) is 16.2. The van der Waals surface area contributed by atoms with E-state index in [2.05, 4.69) is 14.9 Å². The molecule has 0 aliphatic heterocycles. The zero-order valence-electron chi connectivity index (χ0n) is 19.7. The predicted molar refractivity (Wildman–Crippen MR) is 126 cm³/mol. The summed E-state index contributed by atoms with van der Waals surface area (Å²) >= 11 is 0. The number of nitrogens with one attached hydrogen (secondary N) is 1. The summed E-state index contributed by atoms with van der Waals surface area (Å²) in [5.41, 5.74) is 2.89. The first-order valence-corrected chi connectivity index (χ1v) is 12.6. The van der Waals surface area contributed by atoms with E-state index < -0.39 is 10.2 Å². The molecule has 0 radical (unpaired) electrons. The fraction of sp³-hybridized carbons (Fsp3) is 0.435. The molecule has 1 aliphatic carbocycles. The van der Waals surface area contributed by atoms with Crippen LogP contribution in [0.5, 0.6) is 0 Å². The molecule has 2 heterocycles. The van der Waals surface area contributed by atoms with Crippen molar-refractivity contribution in [1.82, 2.24) is 19.3 Å². The Morgan fingerprint density at radius 1 is 1.21 bits per heavy atom. The van der Waals surface area contributed by atoms with Crippen LogP contribution in [0.4, 0.5) is 5.88 Å². The van der Waals surface area contributed by atoms with Crippen LogP contribution in [0.25, 0.3) is 11.5 Å². The predicted octanol–water partition coefficient (Wildman–Crippen LogP) is 3.75. The molecule has 1 amide bonds. The van der Waals surface area contributed by atoms with Crippen molar-refractivity contribution in [3.05, 3.63) is 53.0 Å². The number of aryl methyl sites for hydroxylation is 1. The molecule has 34 heavy (non-hydrogen) atoms. The van der Waals surface area contributed by atoms with Crippen LogP contribution in [0.3, 0.4) is 0 Å². The van der Waals surface area contributed by atoms with Crippen LogP contribution in [0.1, 0.15) is 52.9 Å². The second-order valence-corrected chi connectivity index (χ2v) is 10.4. The smallest absolute Gasteiger partial charge is 0.304 e. The third-order valence-electron chi connectivity index (χ3n) is 6.14. The van der Waals surface area contributed by atoms with Crippen molar-refractivity contribution in [3.8, 4) is 11.5 Å². The van der Waals surface area contributed by atoms with Crippen LogP contribution in [-0.2, 0) is 16.8 Å². The molecule has 182 valence electrons. The lowest BCUT2D eigenvalue weighted by molar-refractivity contribution is 0.0828. The molecule has 1 fully saturated rings. The average molecular weight is 488 g/mol. The number of anilines is 1. The van der Waals surface area contributed by atoms with Crippen molar-refractivity contribution in [2.75, 3.05) is 18.8 Å². The highest BCUT2D eigenvalue weighted by Gasteiger charge is 2.34. The second-order valence-electron chi connectivity index (χ2n) is 8.73. The molecule has 2 aromatic heterocycles. The van der Waals surface area contributed by atoms with Gasteiger partial charge in [0, 0.05) is 37.8 Å². The highest BCUT2D eigenvalue weighted by Crippen LogP contribution is 2.31. The lowest BCUT2D eigenvalue weighted by Crippen LogP contribution is -2.41. The van der Waals surface area contributed by atoms with E-state index in [0.717, 1.165) is 25.7 Å². The summed E-state index contributed by atoms with van der Waals surface area (Å²) < 4.78 is 41.5. The number of aromatic nitrogens is 2. The maximum absolute atomic E-state index is 13.5. The van der Waals surface area contributed by atoms with Crippen molar-refractivity contribution in [3.63, 3.8) is 0 Å². The van der Waals surface area contributed by atoms with Crippen LogP contribution in [0.2, 0.25) is 0 Å². The van der Waals surface area contributed by atoms with E-state index in [1.54, 1.807) is 46.1 Å². The molecule has 10 nitrogen and oxygen atoms in total. The van der Waals surface area contributed by atoms with Gasteiger partial charge in [-0.1, -0.05) is 24.1 Å². The molecule has 4 rings (SSSR count). The van der Waals surface area contributed by atoms with Gasteiger partial charge in [-0.3, -0.25) is 4.79 Å². The molecular formula is C23H29N5O5S. The van der Waals surface area contributed by atoms with Crippen molar-refractivity contribution < 1.29 is 22.2 Å². The first kappa shape index (κ1) is 24.0.